The van der Waals surface area contributed by atoms with E-state index in [4.69, 9.17) is 4.74 Å². The molecule has 1 heterocycles. The van der Waals surface area contributed by atoms with Gasteiger partial charge in [0.05, 0.1) is 11.5 Å². The number of sulfone groups is 1. The third-order valence-corrected chi connectivity index (χ3v) is 5.56. The number of benzene rings is 2. The van der Waals surface area contributed by atoms with Gasteiger partial charge >= 0.3 is 0 Å². The lowest BCUT2D eigenvalue weighted by Crippen LogP contribution is -2.14. The molecule has 1 aliphatic heterocycles. The molecule has 0 aliphatic carbocycles. The number of anilines is 1. The van der Waals surface area contributed by atoms with Gasteiger partial charge in [-0.1, -0.05) is 18.2 Å². The first-order valence-electron chi connectivity index (χ1n) is 8.14. The topological polar surface area (TPSA) is 72.5 Å². The van der Waals surface area contributed by atoms with Crippen LogP contribution in [0.3, 0.4) is 0 Å². The number of hydrogen-bond acceptors (Lipinski definition) is 4. The molecule has 1 unspecified atom stereocenters. The van der Waals surface area contributed by atoms with Crippen LogP contribution in [0.5, 0.6) is 0 Å². The molecule has 1 fully saturated rings. The number of carbonyl (C=O) groups excluding carboxylic acids is 1. The van der Waals surface area contributed by atoms with Gasteiger partial charge in [0.2, 0.25) is 0 Å². The average molecular weight is 359 g/mol. The molecule has 1 N–H and O–H groups in total. The predicted octanol–water partition coefficient (Wildman–Crippen LogP) is 3.15. The van der Waals surface area contributed by atoms with Crippen LogP contribution in [-0.4, -0.2) is 33.8 Å². The highest BCUT2D eigenvalue weighted by Gasteiger charge is 2.18. The third-order valence-electron chi connectivity index (χ3n) is 4.45. The second-order valence-electron chi connectivity index (χ2n) is 6.39. The first-order chi connectivity index (χ1) is 11.8. The van der Waals surface area contributed by atoms with Crippen molar-refractivity contribution >= 4 is 21.4 Å². The van der Waals surface area contributed by atoms with Gasteiger partial charge in [-0.25, -0.2) is 8.42 Å². The number of ether oxygens (including phenoxy) is 1. The molecule has 1 saturated heterocycles. The molecule has 2 aromatic rings. The Labute approximate surface area is 147 Å². The van der Waals surface area contributed by atoms with Crippen LogP contribution < -0.4 is 5.32 Å². The lowest BCUT2D eigenvalue weighted by Gasteiger charge is -2.11. The molecular weight excluding hydrogens is 338 g/mol. The minimum Gasteiger partial charge on any atom is -0.381 e. The maximum absolute atomic E-state index is 12.5. The van der Waals surface area contributed by atoms with Crippen LogP contribution in [0, 0.1) is 6.92 Å². The fourth-order valence-corrected chi connectivity index (χ4v) is 3.56. The van der Waals surface area contributed by atoms with Crippen LogP contribution in [0.2, 0.25) is 0 Å². The van der Waals surface area contributed by atoms with Crippen LogP contribution >= 0.6 is 0 Å². The molecule has 0 saturated carbocycles. The summed E-state index contributed by atoms with van der Waals surface area (Å²) in [5, 5.41) is 2.83. The van der Waals surface area contributed by atoms with Crippen molar-refractivity contribution < 1.29 is 17.9 Å². The average Bonchev–Trinajstić information content (AvgIpc) is 3.09. The largest absolute Gasteiger partial charge is 0.381 e. The fourth-order valence-electron chi connectivity index (χ4n) is 2.91. The smallest absolute Gasteiger partial charge is 0.255 e. The second-order valence-corrected chi connectivity index (χ2v) is 8.40. The van der Waals surface area contributed by atoms with Gasteiger partial charge in [0.25, 0.3) is 5.91 Å². The number of carbonyl (C=O) groups is 1. The van der Waals surface area contributed by atoms with Crippen LogP contribution in [0.15, 0.2) is 47.4 Å². The minimum atomic E-state index is -3.36. The number of hydrogen-bond donors (Lipinski definition) is 1. The molecule has 132 valence electrons. The van der Waals surface area contributed by atoms with E-state index in [9.17, 15) is 13.2 Å². The van der Waals surface area contributed by atoms with Gasteiger partial charge in [-0.3, -0.25) is 4.79 Å². The molecule has 5 nitrogen and oxygen atoms in total. The SMILES string of the molecule is Cc1ccc(S(C)(=O)=O)cc1C(=O)Nc1ccc(C2CCOC2)cc1. The van der Waals surface area contributed by atoms with Gasteiger partial charge < -0.3 is 10.1 Å². The van der Waals surface area contributed by atoms with E-state index in [1.54, 1.807) is 13.0 Å². The molecule has 1 amide bonds. The maximum Gasteiger partial charge on any atom is 0.255 e. The van der Waals surface area contributed by atoms with Crippen LogP contribution in [-0.2, 0) is 14.6 Å². The van der Waals surface area contributed by atoms with Gasteiger partial charge in [0.15, 0.2) is 9.84 Å². The van der Waals surface area contributed by atoms with Gasteiger partial charge in [0.1, 0.15) is 0 Å². The van der Waals surface area contributed by atoms with Crippen LogP contribution in [0.4, 0.5) is 5.69 Å². The van der Waals surface area contributed by atoms with Crippen LogP contribution in [0.25, 0.3) is 0 Å². The van der Waals surface area contributed by atoms with Crippen molar-refractivity contribution in [2.75, 3.05) is 24.8 Å². The van der Waals surface area contributed by atoms with E-state index in [0.717, 1.165) is 31.5 Å². The number of aryl methyl sites for hydroxylation is 1. The second kappa shape index (κ2) is 6.98. The van der Waals surface area contributed by atoms with Crippen molar-refractivity contribution in [1.29, 1.82) is 0 Å². The van der Waals surface area contributed by atoms with Crippen molar-refractivity contribution in [3.63, 3.8) is 0 Å². The fraction of sp³-hybridized carbons (Fsp3) is 0.316. The number of amides is 1. The highest BCUT2D eigenvalue weighted by molar-refractivity contribution is 7.90. The highest BCUT2D eigenvalue weighted by atomic mass is 32.2. The summed E-state index contributed by atoms with van der Waals surface area (Å²) in [7, 11) is -3.36. The maximum atomic E-state index is 12.5. The van der Waals surface area contributed by atoms with Crippen molar-refractivity contribution in [2.24, 2.45) is 0 Å². The summed E-state index contributed by atoms with van der Waals surface area (Å²) in [4.78, 5) is 12.7. The quantitative estimate of drug-likeness (QED) is 0.910. The Hall–Kier alpha value is -2.18. The van der Waals surface area contributed by atoms with E-state index in [1.807, 2.05) is 24.3 Å². The summed E-state index contributed by atoms with van der Waals surface area (Å²) in [6, 6.07) is 12.3. The first-order valence-corrected chi connectivity index (χ1v) is 10.0. The van der Waals surface area contributed by atoms with Crippen LogP contribution in [0.1, 0.15) is 33.8 Å². The lowest BCUT2D eigenvalue weighted by atomic mass is 9.98. The zero-order valence-electron chi connectivity index (χ0n) is 14.3. The molecule has 3 rings (SSSR count). The summed E-state index contributed by atoms with van der Waals surface area (Å²) >= 11 is 0. The molecule has 1 aliphatic rings. The van der Waals surface area contributed by atoms with Gasteiger partial charge in [0, 0.05) is 30.0 Å². The van der Waals surface area contributed by atoms with Crippen molar-refractivity contribution in [3.05, 3.63) is 59.2 Å². The Morgan fingerprint density at radius 1 is 1.16 bits per heavy atom. The zero-order valence-corrected chi connectivity index (χ0v) is 15.1. The van der Waals surface area contributed by atoms with Gasteiger partial charge in [-0.05, 0) is 48.7 Å². The number of rotatable bonds is 4. The number of nitrogens with one attached hydrogen (secondary N) is 1. The van der Waals surface area contributed by atoms with Gasteiger partial charge in [-0.2, -0.15) is 0 Å². The summed E-state index contributed by atoms with van der Waals surface area (Å²) in [6.45, 7) is 3.31. The minimum absolute atomic E-state index is 0.139. The summed E-state index contributed by atoms with van der Waals surface area (Å²) < 4.78 is 28.8. The van der Waals surface area contributed by atoms with E-state index in [0.29, 0.717) is 17.2 Å². The molecule has 2 aromatic carbocycles. The Kier molecular flexibility index (Phi) is 4.92. The van der Waals surface area contributed by atoms with E-state index in [-0.39, 0.29) is 10.8 Å². The lowest BCUT2D eigenvalue weighted by molar-refractivity contribution is 0.102. The zero-order chi connectivity index (χ0) is 18.0. The monoisotopic (exact) mass is 359 g/mol. The Morgan fingerprint density at radius 2 is 1.88 bits per heavy atom. The van der Waals surface area contributed by atoms with Crippen molar-refractivity contribution in [1.82, 2.24) is 0 Å². The molecule has 0 spiro atoms. The highest BCUT2D eigenvalue weighted by Crippen LogP contribution is 2.26. The van der Waals surface area contributed by atoms with E-state index in [2.05, 4.69) is 5.32 Å². The van der Waals surface area contributed by atoms with Crippen molar-refractivity contribution in [2.45, 2.75) is 24.2 Å². The van der Waals surface area contributed by atoms with Gasteiger partial charge in [-0.15, -0.1) is 0 Å². The summed E-state index contributed by atoms with van der Waals surface area (Å²) in [5.74, 6) is 0.0957. The summed E-state index contributed by atoms with van der Waals surface area (Å²) in [5.41, 5.74) is 2.96. The van der Waals surface area contributed by atoms with Crippen molar-refractivity contribution in [3.8, 4) is 0 Å². The molecular formula is C19H21NO4S. The first kappa shape index (κ1) is 17.6. The predicted molar refractivity (Wildman–Crippen MR) is 96.9 cm³/mol. The molecule has 0 bridgehead atoms. The summed E-state index contributed by atoms with van der Waals surface area (Å²) in [6.07, 6.45) is 2.15. The molecule has 6 heteroatoms. The Morgan fingerprint density at radius 3 is 2.48 bits per heavy atom. The molecule has 1 atom stereocenters. The Balaban J connectivity index is 1.78. The molecule has 0 radical (unpaired) electrons. The van der Waals surface area contributed by atoms with E-state index < -0.39 is 9.84 Å². The normalized spacial score (nSPS) is 17.4. The third kappa shape index (κ3) is 4.08. The van der Waals surface area contributed by atoms with E-state index in [1.165, 1.54) is 17.7 Å². The molecule has 0 aromatic heterocycles. The Bertz CT molecular complexity index is 882. The standard InChI is InChI=1S/C19H21NO4S/c1-13-3-8-17(25(2,22)23)11-18(13)19(21)20-16-6-4-14(5-7-16)15-9-10-24-12-15/h3-8,11,15H,9-10,12H2,1-2H3,(H,20,21). The van der Waals surface area contributed by atoms with E-state index >= 15 is 0 Å². The molecule has 25 heavy (non-hydrogen) atoms.